The third kappa shape index (κ3) is 3.84. The van der Waals surface area contributed by atoms with E-state index in [9.17, 15) is 26.9 Å². The number of nitro groups is 1. The number of sulfonamides is 2. The van der Waals surface area contributed by atoms with E-state index in [2.05, 4.69) is 4.72 Å². The largest absolute Gasteiger partial charge is 0.289 e. The zero-order valence-corrected chi connectivity index (χ0v) is 16.1. The third-order valence-corrected chi connectivity index (χ3v) is 7.52. The lowest BCUT2D eigenvalue weighted by Gasteiger charge is -2.19. The molecule has 0 spiro atoms. The van der Waals surface area contributed by atoms with Gasteiger partial charge in [-0.2, -0.15) is 0 Å². The second kappa shape index (κ2) is 6.98. The highest BCUT2D eigenvalue weighted by Crippen LogP contribution is 2.34. The van der Waals surface area contributed by atoms with Gasteiger partial charge >= 0.3 is 0 Å². The van der Waals surface area contributed by atoms with Crippen LogP contribution in [0.1, 0.15) is 6.42 Å². The number of halogens is 1. The molecular formula is C15H14ClN3O6S2. The molecule has 1 saturated heterocycles. The van der Waals surface area contributed by atoms with Crippen LogP contribution in [0.3, 0.4) is 0 Å². The molecule has 0 aromatic heterocycles. The maximum atomic E-state index is 12.6. The highest BCUT2D eigenvalue weighted by molar-refractivity contribution is 7.93. The fourth-order valence-electron chi connectivity index (χ4n) is 2.72. The predicted molar refractivity (Wildman–Crippen MR) is 101 cm³/mol. The molecule has 3 rings (SSSR count). The number of benzene rings is 2. The molecule has 27 heavy (non-hydrogen) atoms. The maximum Gasteiger partial charge on any atom is 0.289 e. The molecule has 12 heteroatoms. The van der Waals surface area contributed by atoms with Gasteiger partial charge in [-0.1, -0.05) is 23.7 Å². The van der Waals surface area contributed by atoms with E-state index in [-0.39, 0.29) is 28.7 Å². The van der Waals surface area contributed by atoms with E-state index in [4.69, 9.17) is 11.6 Å². The lowest BCUT2D eigenvalue weighted by Crippen LogP contribution is -2.25. The van der Waals surface area contributed by atoms with E-state index in [0.29, 0.717) is 6.42 Å². The average molecular weight is 432 g/mol. The first-order chi connectivity index (χ1) is 12.6. The summed E-state index contributed by atoms with van der Waals surface area (Å²) < 4.78 is 52.8. The lowest BCUT2D eigenvalue weighted by atomic mass is 10.3. The van der Waals surface area contributed by atoms with Gasteiger partial charge in [0.25, 0.3) is 15.7 Å². The fraction of sp³-hybridized carbons (Fsp3) is 0.200. The molecule has 1 heterocycles. The molecule has 2 aromatic rings. The van der Waals surface area contributed by atoms with Crippen LogP contribution in [0.15, 0.2) is 47.4 Å². The van der Waals surface area contributed by atoms with Crippen molar-refractivity contribution in [3.05, 3.63) is 57.6 Å². The Hall–Kier alpha value is -2.37. The zero-order chi connectivity index (χ0) is 19.8. The van der Waals surface area contributed by atoms with Crippen LogP contribution < -0.4 is 9.03 Å². The van der Waals surface area contributed by atoms with Gasteiger partial charge in [-0.05, 0) is 30.7 Å². The number of nitrogens with one attached hydrogen (secondary N) is 1. The first-order valence-electron chi connectivity index (χ1n) is 7.68. The average Bonchev–Trinajstić information content (AvgIpc) is 2.95. The van der Waals surface area contributed by atoms with E-state index in [1.54, 1.807) is 0 Å². The monoisotopic (exact) mass is 431 g/mol. The van der Waals surface area contributed by atoms with Crippen LogP contribution in [0, 0.1) is 10.1 Å². The van der Waals surface area contributed by atoms with Crippen molar-refractivity contribution >= 4 is 48.7 Å². The number of hydrogen-bond donors (Lipinski definition) is 1. The van der Waals surface area contributed by atoms with Crippen molar-refractivity contribution in [3.63, 3.8) is 0 Å². The summed E-state index contributed by atoms with van der Waals surface area (Å²) >= 11 is 6.09. The first kappa shape index (κ1) is 19.4. The maximum absolute atomic E-state index is 12.6. The molecule has 2 aromatic carbocycles. The molecule has 1 N–H and O–H groups in total. The van der Waals surface area contributed by atoms with Crippen molar-refractivity contribution < 1.29 is 21.8 Å². The van der Waals surface area contributed by atoms with E-state index in [0.717, 1.165) is 16.4 Å². The minimum Gasteiger partial charge on any atom is -0.279 e. The van der Waals surface area contributed by atoms with Gasteiger partial charge in [-0.15, -0.1) is 0 Å². The predicted octanol–water partition coefficient (Wildman–Crippen LogP) is 2.59. The fourth-order valence-corrected chi connectivity index (χ4v) is 5.79. The Balaban J connectivity index is 1.99. The Kier molecular flexibility index (Phi) is 5.02. The molecular weight excluding hydrogens is 418 g/mol. The van der Waals surface area contributed by atoms with Gasteiger partial charge < -0.3 is 0 Å². The van der Waals surface area contributed by atoms with Crippen LogP contribution in [-0.2, 0) is 20.0 Å². The van der Waals surface area contributed by atoms with Gasteiger partial charge in [0, 0.05) is 12.6 Å². The van der Waals surface area contributed by atoms with E-state index in [1.165, 1.54) is 30.3 Å². The van der Waals surface area contributed by atoms with Gasteiger partial charge in [0.2, 0.25) is 10.0 Å². The van der Waals surface area contributed by atoms with Gasteiger partial charge in [0.15, 0.2) is 4.90 Å². The quantitative estimate of drug-likeness (QED) is 0.572. The summed E-state index contributed by atoms with van der Waals surface area (Å²) in [6.07, 6.45) is 0.435. The van der Waals surface area contributed by atoms with Crippen molar-refractivity contribution in [2.24, 2.45) is 0 Å². The highest BCUT2D eigenvalue weighted by Gasteiger charge is 2.31. The van der Waals surface area contributed by atoms with Crippen LogP contribution in [0.25, 0.3) is 0 Å². The molecule has 0 amide bonds. The molecule has 0 aliphatic carbocycles. The lowest BCUT2D eigenvalue weighted by molar-refractivity contribution is -0.387. The molecule has 0 unspecified atom stereocenters. The summed E-state index contributed by atoms with van der Waals surface area (Å²) in [5.41, 5.74) is -0.382. The zero-order valence-electron chi connectivity index (χ0n) is 13.7. The van der Waals surface area contributed by atoms with Crippen LogP contribution in [0.2, 0.25) is 5.02 Å². The van der Waals surface area contributed by atoms with Gasteiger partial charge in [0.1, 0.15) is 0 Å². The van der Waals surface area contributed by atoms with Crippen LogP contribution in [0.5, 0.6) is 0 Å². The Morgan fingerprint density at radius 3 is 2.52 bits per heavy atom. The van der Waals surface area contributed by atoms with Crippen LogP contribution >= 0.6 is 11.6 Å². The van der Waals surface area contributed by atoms with Crippen molar-refractivity contribution in [1.29, 1.82) is 0 Å². The Bertz CT molecular complexity index is 1120. The summed E-state index contributed by atoms with van der Waals surface area (Å²) in [5.74, 6) is -0.0184. The van der Waals surface area contributed by atoms with E-state index in [1.807, 2.05) is 0 Å². The SMILES string of the molecule is O=[N+]([O-])c1ccccc1S(=O)(=O)Nc1ccc(Cl)c(N2CCCS2(=O)=O)c1. The molecule has 144 valence electrons. The smallest absolute Gasteiger partial charge is 0.279 e. The number of anilines is 2. The molecule has 9 nitrogen and oxygen atoms in total. The molecule has 0 atom stereocenters. The summed E-state index contributed by atoms with van der Waals surface area (Å²) in [7, 11) is -7.78. The van der Waals surface area contributed by atoms with Gasteiger partial charge in [-0.25, -0.2) is 16.8 Å². The summed E-state index contributed by atoms with van der Waals surface area (Å²) in [4.78, 5) is 9.79. The standard InChI is InChI=1S/C15H14ClN3O6S2/c16-12-7-6-11(10-14(12)18-8-3-9-26(18,22)23)17-27(24,25)15-5-2-1-4-13(15)19(20)21/h1-2,4-7,10,17H,3,8-9H2. The number of rotatable bonds is 5. The minimum absolute atomic E-state index is 0.0184. The summed E-state index contributed by atoms with van der Waals surface area (Å²) in [5, 5.41) is 11.2. The molecule has 0 bridgehead atoms. The second-order valence-corrected chi connectivity index (χ2v) is 9.81. The first-order valence-corrected chi connectivity index (χ1v) is 11.1. The van der Waals surface area contributed by atoms with Gasteiger partial charge in [-0.3, -0.25) is 19.1 Å². The Morgan fingerprint density at radius 1 is 1.19 bits per heavy atom. The molecule has 1 fully saturated rings. The normalized spacial score (nSPS) is 16.3. The molecule has 1 aliphatic rings. The topological polar surface area (TPSA) is 127 Å². The number of hydrogen-bond acceptors (Lipinski definition) is 6. The van der Waals surface area contributed by atoms with Crippen LogP contribution in [-0.4, -0.2) is 34.1 Å². The van der Waals surface area contributed by atoms with Crippen LogP contribution in [0.4, 0.5) is 17.1 Å². The summed E-state index contributed by atoms with van der Waals surface area (Å²) in [6, 6.07) is 8.92. The third-order valence-electron chi connectivity index (χ3n) is 3.92. The Morgan fingerprint density at radius 2 is 1.89 bits per heavy atom. The van der Waals surface area contributed by atoms with E-state index < -0.39 is 35.6 Å². The van der Waals surface area contributed by atoms with Crippen molar-refractivity contribution in [1.82, 2.24) is 0 Å². The molecule has 0 saturated carbocycles. The molecule has 1 aliphatic heterocycles. The Labute approximate surface area is 160 Å². The van der Waals surface area contributed by atoms with E-state index >= 15 is 0 Å². The van der Waals surface area contributed by atoms with Crippen molar-refractivity contribution in [2.45, 2.75) is 11.3 Å². The second-order valence-electron chi connectivity index (χ2n) is 5.74. The summed E-state index contributed by atoms with van der Waals surface area (Å²) in [6.45, 7) is 0.239. The number of nitrogens with zero attached hydrogens (tertiary/aromatic N) is 2. The molecule has 0 radical (unpaired) electrons. The van der Waals surface area contributed by atoms with Crippen molar-refractivity contribution in [2.75, 3.05) is 21.3 Å². The highest BCUT2D eigenvalue weighted by atomic mass is 35.5. The number of para-hydroxylation sites is 1. The van der Waals surface area contributed by atoms with Gasteiger partial charge in [0.05, 0.1) is 27.1 Å². The number of nitro benzene ring substituents is 1. The minimum atomic E-state index is -4.27. The van der Waals surface area contributed by atoms with Crippen molar-refractivity contribution in [3.8, 4) is 0 Å².